The quantitative estimate of drug-likeness (QED) is 0.596. The van der Waals surface area contributed by atoms with Crippen LogP contribution in [0.25, 0.3) is 0 Å². The Balaban J connectivity index is 3.08. The molecule has 0 atom stereocenters. The predicted molar refractivity (Wildman–Crippen MR) is 47.1 cm³/mol. The van der Waals surface area contributed by atoms with Crippen LogP contribution in [0.2, 0.25) is 5.02 Å². The van der Waals surface area contributed by atoms with E-state index in [-0.39, 0.29) is 17.4 Å². The van der Waals surface area contributed by atoms with Gasteiger partial charge < -0.3 is 10.2 Å². The van der Waals surface area contributed by atoms with Crippen molar-refractivity contribution >= 4 is 11.6 Å². The number of phenols is 1. The van der Waals surface area contributed by atoms with Gasteiger partial charge in [0, 0.05) is 0 Å². The topological polar surface area (TPSA) is 40.5 Å². The van der Waals surface area contributed by atoms with Gasteiger partial charge in [0.05, 0.1) is 10.6 Å². The highest BCUT2D eigenvalue weighted by molar-refractivity contribution is 6.32. The van der Waals surface area contributed by atoms with Crippen LogP contribution in [0, 0.1) is 11.8 Å². The second-order valence-corrected chi connectivity index (χ2v) is 2.50. The molecule has 0 aliphatic heterocycles. The molecule has 3 heteroatoms. The monoisotopic (exact) mass is 182 g/mol. The summed E-state index contributed by atoms with van der Waals surface area (Å²) in [6, 6.07) is 4.88. The summed E-state index contributed by atoms with van der Waals surface area (Å²) in [6.07, 6.45) is 0. The summed E-state index contributed by atoms with van der Waals surface area (Å²) in [5.41, 5.74) is 0.427. The van der Waals surface area contributed by atoms with Gasteiger partial charge >= 0.3 is 0 Å². The van der Waals surface area contributed by atoms with E-state index in [1.54, 1.807) is 18.2 Å². The first-order valence-electron chi connectivity index (χ1n) is 3.33. The number of halogens is 1. The Morgan fingerprint density at radius 3 is 2.83 bits per heavy atom. The number of rotatable bonds is 0. The van der Waals surface area contributed by atoms with Gasteiger partial charge in [-0.15, -0.1) is 0 Å². The molecule has 1 aromatic rings. The summed E-state index contributed by atoms with van der Waals surface area (Å²) in [5, 5.41) is 18.0. The van der Waals surface area contributed by atoms with Crippen molar-refractivity contribution in [3.05, 3.63) is 28.8 Å². The highest BCUT2D eigenvalue weighted by Crippen LogP contribution is 2.25. The summed E-state index contributed by atoms with van der Waals surface area (Å²) in [5.74, 6) is 4.95. The van der Waals surface area contributed by atoms with Crippen LogP contribution in [0.4, 0.5) is 0 Å². The molecule has 0 bridgehead atoms. The largest absolute Gasteiger partial charge is 0.505 e. The van der Waals surface area contributed by atoms with E-state index in [1.807, 2.05) is 0 Å². The minimum Gasteiger partial charge on any atom is -0.505 e. The minimum atomic E-state index is -0.230. The zero-order valence-corrected chi connectivity index (χ0v) is 6.97. The smallest absolute Gasteiger partial charge is 0.149 e. The van der Waals surface area contributed by atoms with Crippen LogP contribution in [0.5, 0.6) is 5.75 Å². The van der Waals surface area contributed by atoms with Crippen LogP contribution in [0.3, 0.4) is 0 Å². The highest BCUT2D eigenvalue weighted by atomic mass is 35.5. The average molecular weight is 183 g/mol. The number of aliphatic hydroxyl groups excluding tert-OH is 1. The number of aromatic hydroxyl groups is 1. The lowest BCUT2D eigenvalue weighted by atomic mass is 10.2. The lowest BCUT2D eigenvalue weighted by molar-refractivity contribution is 0.350. The summed E-state index contributed by atoms with van der Waals surface area (Å²) < 4.78 is 0. The maximum atomic E-state index is 9.31. The standard InChI is InChI=1S/C9H7ClO2/c10-8-5-1-3-7(9(8)12)4-2-6-11/h1,3,5,11-12H,6H2. The van der Waals surface area contributed by atoms with Crippen LogP contribution < -0.4 is 0 Å². The molecule has 1 aromatic carbocycles. The lowest BCUT2D eigenvalue weighted by Crippen LogP contribution is -1.78. The fraction of sp³-hybridized carbons (Fsp3) is 0.111. The molecule has 1 rings (SSSR count). The van der Waals surface area contributed by atoms with E-state index in [0.717, 1.165) is 0 Å². The maximum absolute atomic E-state index is 9.31. The fourth-order valence-electron chi connectivity index (χ4n) is 0.751. The number of hydrogen-bond donors (Lipinski definition) is 2. The second kappa shape index (κ2) is 4.01. The fourth-order valence-corrected chi connectivity index (χ4v) is 0.926. The third-order valence-corrected chi connectivity index (χ3v) is 1.59. The molecule has 0 amide bonds. The Bertz CT molecular complexity index is 336. The summed E-state index contributed by atoms with van der Waals surface area (Å²) >= 11 is 5.61. The molecular formula is C9H7ClO2. The molecule has 0 aromatic heterocycles. The van der Waals surface area contributed by atoms with Crippen LogP contribution in [0.1, 0.15) is 5.56 Å². The number of benzene rings is 1. The first-order valence-corrected chi connectivity index (χ1v) is 3.70. The van der Waals surface area contributed by atoms with Crippen molar-refractivity contribution in [1.29, 1.82) is 0 Å². The SMILES string of the molecule is OCC#Cc1cccc(Cl)c1O. The van der Waals surface area contributed by atoms with E-state index in [4.69, 9.17) is 16.7 Å². The molecule has 2 N–H and O–H groups in total. The Morgan fingerprint density at radius 2 is 2.17 bits per heavy atom. The molecule has 0 aliphatic carbocycles. The number of hydrogen-bond acceptors (Lipinski definition) is 2. The molecule has 2 nitrogen and oxygen atoms in total. The summed E-state index contributed by atoms with van der Waals surface area (Å²) in [6.45, 7) is -0.230. The van der Waals surface area contributed by atoms with Crippen molar-refractivity contribution in [1.82, 2.24) is 0 Å². The first kappa shape index (κ1) is 8.92. The van der Waals surface area contributed by atoms with E-state index in [2.05, 4.69) is 11.8 Å². The highest BCUT2D eigenvalue weighted by Gasteiger charge is 2.00. The lowest BCUT2D eigenvalue weighted by Gasteiger charge is -1.97. The summed E-state index contributed by atoms with van der Waals surface area (Å²) in [4.78, 5) is 0. The number of aliphatic hydroxyl groups is 1. The van der Waals surface area contributed by atoms with Gasteiger partial charge in [0.25, 0.3) is 0 Å². The zero-order chi connectivity index (χ0) is 8.97. The van der Waals surface area contributed by atoms with E-state index < -0.39 is 0 Å². The van der Waals surface area contributed by atoms with Crippen molar-refractivity contribution in [3.63, 3.8) is 0 Å². The van der Waals surface area contributed by atoms with E-state index in [1.165, 1.54) is 0 Å². The van der Waals surface area contributed by atoms with Crippen molar-refractivity contribution in [3.8, 4) is 17.6 Å². The van der Waals surface area contributed by atoms with Gasteiger partial charge in [-0.1, -0.05) is 29.5 Å². The third kappa shape index (κ3) is 1.91. The van der Waals surface area contributed by atoms with Gasteiger partial charge in [-0.2, -0.15) is 0 Å². The van der Waals surface area contributed by atoms with Gasteiger partial charge in [0.15, 0.2) is 0 Å². The van der Waals surface area contributed by atoms with Gasteiger partial charge in [0.1, 0.15) is 12.4 Å². The third-order valence-electron chi connectivity index (χ3n) is 1.29. The molecule has 0 unspecified atom stereocenters. The Kier molecular flexibility index (Phi) is 2.98. The molecule has 0 spiro atoms. The Labute approximate surface area is 75.4 Å². The van der Waals surface area contributed by atoms with E-state index >= 15 is 0 Å². The molecule has 0 radical (unpaired) electrons. The van der Waals surface area contributed by atoms with Crippen LogP contribution in [0.15, 0.2) is 18.2 Å². The molecule has 62 valence electrons. The average Bonchev–Trinajstić information content (AvgIpc) is 2.08. The normalized spacial score (nSPS) is 8.83. The molecule has 0 fully saturated rings. The molecule has 0 heterocycles. The first-order chi connectivity index (χ1) is 5.75. The van der Waals surface area contributed by atoms with Gasteiger partial charge in [-0.3, -0.25) is 0 Å². The number of phenolic OH excluding ortho intramolecular Hbond substituents is 1. The van der Waals surface area contributed by atoms with Crippen molar-refractivity contribution in [2.45, 2.75) is 0 Å². The molecular weight excluding hydrogens is 176 g/mol. The molecule has 12 heavy (non-hydrogen) atoms. The molecule has 0 aliphatic rings. The van der Waals surface area contributed by atoms with Crippen molar-refractivity contribution in [2.75, 3.05) is 6.61 Å². The second-order valence-electron chi connectivity index (χ2n) is 2.10. The van der Waals surface area contributed by atoms with Crippen LogP contribution in [-0.2, 0) is 0 Å². The maximum Gasteiger partial charge on any atom is 0.149 e. The van der Waals surface area contributed by atoms with Gasteiger partial charge in [0.2, 0.25) is 0 Å². The Morgan fingerprint density at radius 1 is 1.42 bits per heavy atom. The minimum absolute atomic E-state index is 0.0416. The van der Waals surface area contributed by atoms with E-state index in [0.29, 0.717) is 5.56 Å². The zero-order valence-electron chi connectivity index (χ0n) is 6.21. The van der Waals surface area contributed by atoms with Crippen LogP contribution >= 0.6 is 11.6 Å². The van der Waals surface area contributed by atoms with Crippen molar-refractivity contribution in [2.24, 2.45) is 0 Å². The van der Waals surface area contributed by atoms with Crippen molar-refractivity contribution < 1.29 is 10.2 Å². The number of para-hydroxylation sites is 1. The van der Waals surface area contributed by atoms with Gasteiger partial charge in [-0.25, -0.2) is 0 Å². The molecule has 0 saturated heterocycles. The van der Waals surface area contributed by atoms with E-state index in [9.17, 15) is 5.11 Å². The Hall–Kier alpha value is -1.17. The van der Waals surface area contributed by atoms with Gasteiger partial charge in [-0.05, 0) is 12.1 Å². The summed E-state index contributed by atoms with van der Waals surface area (Å²) in [7, 11) is 0. The van der Waals surface area contributed by atoms with Crippen LogP contribution in [-0.4, -0.2) is 16.8 Å². The molecule has 0 saturated carbocycles. The predicted octanol–water partition coefficient (Wildman–Crippen LogP) is 1.39.